The van der Waals surface area contributed by atoms with Gasteiger partial charge in [0.05, 0.1) is 17.6 Å². The summed E-state index contributed by atoms with van der Waals surface area (Å²) >= 11 is 0. The lowest BCUT2D eigenvalue weighted by Gasteiger charge is -2.44. The van der Waals surface area contributed by atoms with Crippen LogP contribution in [0.5, 0.6) is 0 Å². The molecule has 1 aliphatic carbocycles. The number of hydrogen-bond acceptors (Lipinski definition) is 4. The molecule has 0 atom stereocenters. The Labute approximate surface area is 235 Å². The van der Waals surface area contributed by atoms with Gasteiger partial charge in [0.25, 0.3) is 18.4 Å². The molecule has 4 rings (SSSR count). The van der Waals surface area contributed by atoms with E-state index in [-0.39, 0.29) is 16.0 Å². The van der Waals surface area contributed by atoms with Gasteiger partial charge in [-0.15, -0.1) is 0 Å². The van der Waals surface area contributed by atoms with Gasteiger partial charge in [0, 0.05) is 6.61 Å². The number of aryl methyl sites for hydroxylation is 1. The minimum absolute atomic E-state index is 0.0270. The summed E-state index contributed by atoms with van der Waals surface area (Å²) in [4.78, 5) is -0.0653. The second kappa shape index (κ2) is 12.5. The molecule has 39 heavy (non-hydrogen) atoms. The summed E-state index contributed by atoms with van der Waals surface area (Å²) in [6, 6.07) is 26.3. The molecule has 0 bridgehead atoms. The third kappa shape index (κ3) is 7.08. The van der Waals surface area contributed by atoms with E-state index in [1.165, 1.54) is 16.4 Å². The maximum atomic E-state index is 11.5. The molecule has 0 radical (unpaired) electrons. The van der Waals surface area contributed by atoms with Crippen LogP contribution in [-0.4, -0.2) is 40.6 Å². The van der Waals surface area contributed by atoms with Crippen molar-refractivity contribution < 1.29 is 22.1 Å². The Bertz CT molecular complexity index is 1270. The third-order valence-corrected chi connectivity index (χ3v) is 13.9. The minimum Gasteiger partial charge on any atom is -0.407 e. The Hall–Kier alpha value is -2.29. The largest absolute Gasteiger partial charge is 0.407 e. The fourth-order valence-electron chi connectivity index (χ4n) is 5.88. The van der Waals surface area contributed by atoms with E-state index in [2.05, 4.69) is 81.4 Å². The minimum atomic E-state index is -4.20. The van der Waals surface area contributed by atoms with Gasteiger partial charge >= 0.3 is 0 Å². The van der Waals surface area contributed by atoms with E-state index in [0.717, 1.165) is 43.4 Å². The van der Waals surface area contributed by atoms with E-state index < -0.39 is 18.4 Å². The highest BCUT2D eigenvalue weighted by atomic mass is 32.2. The highest BCUT2D eigenvalue weighted by Gasteiger charge is 2.50. The van der Waals surface area contributed by atoms with Crippen LogP contribution < -0.4 is 10.4 Å². The van der Waals surface area contributed by atoms with Crippen LogP contribution in [0.2, 0.25) is 5.04 Å². The first-order valence-electron chi connectivity index (χ1n) is 13.9. The molecule has 1 saturated carbocycles. The molecule has 210 valence electrons. The van der Waals surface area contributed by atoms with Crippen LogP contribution in [0.1, 0.15) is 57.6 Å². The molecule has 0 spiro atoms. The first-order valence-corrected chi connectivity index (χ1v) is 17.3. The Morgan fingerprint density at radius 1 is 0.872 bits per heavy atom. The van der Waals surface area contributed by atoms with Gasteiger partial charge in [0.1, 0.15) is 0 Å². The standard InChI is InChI=1S/C32H42O5SSi/c1-25-15-20-29(38(33,34)35)23-27(25)21-22-36-28-18-16-26(17-19-28)24-37-39(32(2,3)4,30-11-7-5-8-12-30)31-13-9-6-10-14-31/h5-15,20,23,26,28H,16-19,21-22,24H2,1-4H3,(H,33,34,35). The summed E-state index contributed by atoms with van der Waals surface area (Å²) in [5.41, 5.74) is 1.88. The number of benzene rings is 3. The zero-order chi connectivity index (χ0) is 28.1. The first-order chi connectivity index (χ1) is 18.5. The van der Waals surface area contributed by atoms with Crippen molar-refractivity contribution in [2.75, 3.05) is 13.2 Å². The predicted molar refractivity (Wildman–Crippen MR) is 160 cm³/mol. The van der Waals surface area contributed by atoms with E-state index in [4.69, 9.17) is 9.16 Å². The zero-order valence-electron chi connectivity index (χ0n) is 23.6. The van der Waals surface area contributed by atoms with Gasteiger partial charge in [-0.2, -0.15) is 8.42 Å². The molecule has 1 fully saturated rings. The second-order valence-electron chi connectivity index (χ2n) is 11.8. The Morgan fingerprint density at radius 3 is 1.95 bits per heavy atom. The van der Waals surface area contributed by atoms with Crippen LogP contribution in [0.25, 0.3) is 0 Å². The van der Waals surface area contributed by atoms with Crippen molar-refractivity contribution in [2.45, 2.75) is 75.8 Å². The van der Waals surface area contributed by atoms with Crippen molar-refractivity contribution >= 4 is 28.8 Å². The molecule has 0 aliphatic heterocycles. The van der Waals surface area contributed by atoms with Gasteiger partial charge in [0.15, 0.2) is 0 Å². The predicted octanol–water partition coefficient (Wildman–Crippen LogP) is 5.94. The molecule has 1 aliphatic rings. The van der Waals surface area contributed by atoms with Crippen LogP contribution in [0.4, 0.5) is 0 Å². The summed E-state index contributed by atoms with van der Waals surface area (Å²) in [6.45, 7) is 10.2. The van der Waals surface area contributed by atoms with Gasteiger partial charge in [-0.05, 0) is 83.6 Å². The van der Waals surface area contributed by atoms with Gasteiger partial charge in [-0.25, -0.2) is 0 Å². The highest BCUT2D eigenvalue weighted by Crippen LogP contribution is 2.38. The summed E-state index contributed by atoms with van der Waals surface area (Å²) in [7, 11) is -6.73. The molecule has 1 N–H and O–H groups in total. The smallest absolute Gasteiger partial charge is 0.294 e. The Morgan fingerprint density at radius 2 is 1.44 bits per heavy atom. The Balaban J connectivity index is 1.36. The normalized spacial score (nSPS) is 18.7. The molecule has 3 aromatic carbocycles. The molecule has 0 unspecified atom stereocenters. The molecule has 0 amide bonds. The fourth-order valence-corrected chi connectivity index (χ4v) is 11.1. The molecule has 0 aromatic heterocycles. The SMILES string of the molecule is Cc1ccc(S(=O)(=O)O)cc1CCOC1CCC(CO[Si](c2ccccc2)(c2ccccc2)C(C)(C)C)CC1. The zero-order valence-corrected chi connectivity index (χ0v) is 25.4. The molecule has 0 saturated heterocycles. The van der Waals surface area contributed by atoms with E-state index in [0.29, 0.717) is 18.9 Å². The van der Waals surface area contributed by atoms with Gasteiger partial charge in [0.2, 0.25) is 0 Å². The average Bonchev–Trinajstić information content (AvgIpc) is 2.91. The van der Waals surface area contributed by atoms with Gasteiger partial charge in [-0.3, -0.25) is 4.55 Å². The monoisotopic (exact) mass is 566 g/mol. The van der Waals surface area contributed by atoms with Crippen LogP contribution >= 0.6 is 0 Å². The Kier molecular flexibility index (Phi) is 9.50. The number of ether oxygens (including phenoxy) is 1. The van der Waals surface area contributed by atoms with Gasteiger partial charge < -0.3 is 9.16 Å². The average molecular weight is 567 g/mol. The summed E-state index contributed by atoms with van der Waals surface area (Å²) < 4.78 is 45.7. The van der Waals surface area contributed by atoms with Crippen molar-refractivity contribution in [2.24, 2.45) is 5.92 Å². The van der Waals surface area contributed by atoms with Crippen molar-refractivity contribution in [1.82, 2.24) is 0 Å². The van der Waals surface area contributed by atoms with Crippen molar-refractivity contribution in [1.29, 1.82) is 0 Å². The van der Waals surface area contributed by atoms with Crippen molar-refractivity contribution in [3.8, 4) is 0 Å². The van der Waals surface area contributed by atoms with Crippen LogP contribution in [0, 0.1) is 12.8 Å². The summed E-state index contributed by atoms with van der Waals surface area (Å²) in [5, 5.41) is 2.60. The van der Waals surface area contributed by atoms with Crippen LogP contribution in [-0.2, 0) is 25.7 Å². The second-order valence-corrected chi connectivity index (χ2v) is 17.5. The first kappa shape index (κ1) is 29.7. The van der Waals surface area contributed by atoms with E-state index >= 15 is 0 Å². The van der Waals surface area contributed by atoms with E-state index in [1.54, 1.807) is 12.1 Å². The van der Waals surface area contributed by atoms with Crippen LogP contribution in [0.3, 0.4) is 0 Å². The molecule has 5 nitrogen and oxygen atoms in total. The topological polar surface area (TPSA) is 72.8 Å². The van der Waals surface area contributed by atoms with Gasteiger partial charge in [-0.1, -0.05) is 87.5 Å². The van der Waals surface area contributed by atoms with Crippen LogP contribution in [0.15, 0.2) is 83.8 Å². The lowest BCUT2D eigenvalue weighted by atomic mass is 9.88. The molecule has 0 heterocycles. The third-order valence-electron chi connectivity index (χ3n) is 8.09. The molecule has 3 aromatic rings. The summed E-state index contributed by atoms with van der Waals surface area (Å²) in [5.74, 6) is 0.500. The fraction of sp³-hybridized carbons (Fsp3) is 0.438. The lowest BCUT2D eigenvalue weighted by Crippen LogP contribution is -2.67. The lowest BCUT2D eigenvalue weighted by molar-refractivity contribution is 0.0138. The van der Waals surface area contributed by atoms with Crippen molar-refractivity contribution in [3.63, 3.8) is 0 Å². The number of hydrogen-bond donors (Lipinski definition) is 1. The van der Waals surface area contributed by atoms with E-state index in [9.17, 15) is 13.0 Å². The molecular formula is C32H42O5SSi. The molecular weight excluding hydrogens is 525 g/mol. The van der Waals surface area contributed by atoms with Crippen molar-refractivity contribution in [3.05, 3.63) is 90.0 Å². The quantitative estimate of drug-likeness (QED) is 0.243. The maximum Gasteiger partial charge on any atom is 0.294 e. The maximum absolute atomic E-state index is 11.5. The highest BCUT2D eigenvalue weighted by molar-refractivity contribution is 7.85. The number of rotatable bonds is 10. The summed E-state index contributed by atoms with van der Waals surface area (Å²) in [6.07, 6.45) is 4.96. The van der Waals surface area contributed by atoms with E-state index in [1.807, 2.05) is 6.92 Å². The molecule has 7 heteroatoms.